The number of allylic oxidation sites excluding steroid dienone is 1. The Labute approximate surface area is 166 Å². The van der Waals surface area contributed by atoms with Gasteiger partial charge in [0.25, 0.3) is 11.8 Å². The first-order valence-corrected chi connectivity index (χ1v) is 9.43. The number of thiophene rings is 1. The topological polar surface area (TPSA) is 95.9 Å². The van der Waals surface area contributed by atoms with Gasteiger partial charge >= 0.3 is 5.97 Å². The SMILES string of the molecule is C/C(OC(=O)C(C)(C)C)=C1/C(=O)N(O)c2cc(NC(=O)c3cccs3)ccc21. The van der Waals surface area contributed by atoms with E-state index in [9.17, 15) is 19.6 Å². The predicted molar refractivity (Wildman–Crippen MR) is 106 cm³/mol. The molecule has 0 bridgehead atoms. The molecule has 2 N–H and O–H groups in total. The average Bonchev–Trinajstić information content (AvgIpc) is 3.23. The smallest absolute Gasteiger partial charge is 0.316 e. The van der Waals surface area contributed by atoms with Crippen LogP contribution in [0.2, 0.25) is 0 Å². The number of carbonyl (C=O) groups is 3. The highest BCUT2D eigenvalue weighted by Gasteiger charge is 2.35. The Morgan fingerprint density at radius 1 is 1.21 bits per heavy atom. The number of anilines is 2. The van der Waals surface area contributed by atoms with E-state index in [4.69, 9.17) is 4.74 Å². The minimum absolute atomic E-state index is 0.103. The van der Waals surface area contributed by atoms with Crippen LogP contribution in [0, 0.1) is 5.41 Å². The Balaban J connectivity index is 1.91. The van der Waals surface area contributed by atoms with E-state index in [1.165, 1.54) is 24.3 Å². The highest BCUT2D eigenvalue weighted by molar-refractivity contribution is 7.12. The number of esters is 1. The summed E-state index contributed by atoms with van der Waals surface area (Å²) in [4.78, 5) is 37.4. The summed E-state index contributed by atoms with van der Waals surface area (Å²) < 4.78 is 5.33. The summed E-state index contributed by atoms with van der Waals surface area (Å²) in [5.74, 6) is -1.35. The van der Waals surface area contributed by atoms with Crippen molar-refractivity contribution >= 4 is 46.1 Å². The molecule has 28 heavy (non-hydrogen) atoms. The predicted octanol–water partition coefficient (Wildman–Crippen LogP) is 4.06. The minimum Gasteiger partial charge on any atom is -0.430 e. The van der Waals surface area contributed by atoms with Crippen LogP contribution in [0.1, 0.15) is 42.9 Å². The van der Waals surface area contributed by atoms with Crippen molar-refractivity contribution in [2.45, 2.75) is 27.7 Å². The molecule has 0 saturated heterocycles. The maximum atomic E-state index is 12.5. The molecule has 146 valence electrons. The van der Waals surface area contributed by atoms with Crippen LogP contribution in [0.15, 0.2) is 41.5 Å². The molecule has 3 rings (SSSR count). The summed E-state index contributed by atoms with van der Waals surface area (Å²) in [6.07, 6.45) is 0. The van der Waals surface area contributed by atoms with Gasteiger partial charge in [-0.25, -0.2) is 0 Å². The Bertz CT molecular complexity index is 987. The van der Waals surface area contributed by atoms with Gasteiger partial charge in [0.15, 0.2) is 0 Å². The number of benzene rings is 1. The van der Waals surface area contributed by atoms with E-state index in [1.54, 1.807) is 50.4 Å². The second-order valence-corrected chi connectivity index (χ2v) is 8.30. The third kappa shape index (κ3) is 3.69. The first kappa shape index (κ1) is 19.8. The molecule has 1 aromatic heterocycles. The third-order valence-electron chi connectivity index (χ3n) is 4.11. The van der Waals surface area contributed by atoms with Gasteiger partial charge in [-0.3, -0.25) is 19.6 Å². The Hall–Kier alpha value is -2.97. The molecule has 0 spiro atoms. The number of carbonyl (C=O) groups excluding carboxylic acids is 3. The molecule has 0 aliphatic carbocycles. The standard InChI is InChI=1S/C20H20N2O5S/c1-11(27-19(25)20(2,3)4)16-13-8-7-12(10-14(13)22(26)18(16)24)21-17(23)15-6-5-9-28-15/h5-10,26H,1-4H3,(H,21,23)/b16-11-. The molecule has 1 aromatic carbocycles. The Morgan fingerprint density at radius 2 is 1.93 bits per heavy atom. The molecule has 0 atom stereocenters. The quantitative estimate of drug-likeness (QED) is 0.351. The van der Waals surface area contributed by atoms with Crippen molar-refractivity contribution in [3.05, 3.63) is 51.9 Å². The minimum atomic E-state index is -0.735. The Morgan fingerprint density at radius 3 is 2.54 bits per heavy atom. The lowest BCUT2D eigenvalue weighted by atomic mass is 9.97. The fourth-order valence-corrected chi connectivity index (χ4v) is 3.23. The molecule has 2 aromatic rings. The van der Waals surface area contributed by atoms with Crippen molar-refractivity contribution in [3.63, 3.8) is 0 Å². The molecule has 0 unspecified atom stereocenters. The number of rotatable bonds is 3. The second-order valence-electron chi connectivity index (χ2n) is 7.35. The normalized spacial score (nSPS) is 15.3. The summed E-state index contributed by atoms with van der Waals surface area (Å²) in [7, 11) is 0. The zero-order chi connectivity index (χ0) is 20.6. The summed E-state index contributed by atoms with van der Waals surface area (Å²) in [6, 6.07) is 8.18. The lowest BCUT2D eigenvalue weighted by molar-refractivity contribution is -0.148. The number of hydrogen-bond donors (Lipinski definition) is 2. The molecule has 1 aliphatic heterocycles. The summed E-state index contributed by atoms with van der Waals surface area (Å²) >= 11 is 1.31. The van der Waals surface area contributed by atoms with Crippen LogP contribution in [0.3, 0.4) is 0 Å². The van der Waals surface area contributed by atoms with Crippen molar-refractivity contribution in [2.75, 3.05) is 10.4 Å². The maximum Gasteiger partial charge on any atom is 0.316 e. The number of nitrogens with zero attached hydrogens (tertiary/aromatic N) is 1. The van der Waals surface area contributed by atoms with Crippen LogP contribution in [0.5, 0.6) is 0 Å². The van der Waals surface area contributed by atoms with Crippen molar-refractivity contribution in [1.29, 1.82) is 0 Å². The molecule has 7 nitrogen and oxygen atoms in total. The average molecular weight is 400 g/mol. The van der Waals surface area contributed by atoms with Gasteiger partial charge in [0.2, 0.25) is 0 Å². The van der Waals surface area contributed by atoms with E-state index in [0.717, 1.165) is 0 Å². The fraction of sp³-hybridized carbons (Fsp3) is 0.250. The van der Waals surface area contributed by atoms with E-state index in [2.05, 4.69) is 5.32 Å². The monoisotopic (exact) mass is 400 g/mol. The van der Waals surface area contributed by atoms with Crippen LogP contribution in [-0.4, -0.2) is 23.0 Å². The van der Waals surface area contributed by atoms with Gasteiger partial charge in [0, 0.05) is 11.3 Å². The number of fused-ring (bicyclic) bond motifs is 1. The van der Waals surface area contributed by atoms with Gasteiger partial charge in [-0.1, -0.05) is 6.07 Å². The van der Waals surface area contributed by atoms with Crippen molar-refractivity contribution < 1.29 is 24.3 Å². The summed E-state index contributed by atoms with van der Waals surface area (Å²) in [6.45, 7) is 6.63. The molecule has 0 fully saturated rings. The van der Waals surface area contributed by atoms with Crippen LogP contribution >= 0.6 is 11.3 Å². The molecule has 8 heteroatoms. The number of hydroxylamine groups is 1. The van der Waals surface area contributed by atoms with Crippen molar-refractivity contribution in [3.8, 4) is 0 Å². The molecular weight excluding hydrogens is 380 g/mol. The molecule has 0 radical (unpaired) electrons. The lowest BCUT2D eigenvalue weighted by Crippen LogP contribution is -2.24. The molecule has 1 aliphatic rings. The van der Waals surface area contributed by atoms with Crippen molar-refractivity contribution in [1.82, 2.24) is 0 Å². The van der Waals surface area contributed by atoms with Crippen LogP contribution in [0.4, 0.5) is 11.4 Å². The third-order valence-corrected chi connectivity index (χ3v) is 4.98. The maximum absolute atomic E-state index is 12.5. The van der Waals surface area contributed by atoms with Gasteiger partial charge in [0.05, 0.1) is 21.6 Å². The first-order chi connectivity index (χ1) is 13.1. The fourth-order valence-electron chi connectivity index (χ4n) is 2.61. The van der Waals surface area contributed by atoms with E-state index >= 15 is 0 Å². The number of amides is 2. The van der Waals surface area contributed by atoms with Crippen LogP contribution < -0.4 is 10.4 Å². The zero-order valence-electron chi connectivity index (χ0n) is 15.9. The zero-order valence-corrected chi connectivity index (χ0v) is 16.7. The van der Waals surface area contributed by atoms with Gasteiger partial charge in [-0.15, -0.1) is 11.3 Å². The van der Waals surface area contributed by atoms with Gasteiger partial charge in [-0.2, -0.15) is 5.06 Å². The van der Waals surface area contributed by atoms with E-state index in [0.29, 0.717) is 21.2 Å². The van der Waals surface area contributed by atoms with Gasteiger partial charge in [0.1, 0.15) is 5.76 Å². The van der Waals surface area contributed by atoms with Gasteiger partial charge < -0.3 is 10.1 Å². The van der Waals surface area contributed by atoms with Crippen LogP contribution in [-0.2, 0) is 14.3 Å². The first-order valence-electron chi connectivity index (χ1n) is 8.55. The Kier molecular flexibility index (Phi) is 5.10. The highest BCUT2D eigenvalue weighted by atomic mass is 32.1. The number of nitrogens with one attached hydrogen (secondary N) is 1. The summed E-state index contributed by atoms with van der Waals surface area (Å²) in [5.41, 5.74) is 0.415. The van der Waals surface area contributed by atoms with Crippen LogP contribution in [0.25, 0.3) is 5.57 Å². The van der Waals surface area contributed by atoms with E-state index in [1.807, 2.05) is 0 Å². The number of hydrogen-bond acceptors (Lipinski definition) is 6. The highest BCUT2D eigenvalue weighted by Crippen LogP contribution is 2.39. The summed E-state index contributed by atoms with van der Waals surface area (Å²) in [5, 5.41) is 15.2. The second kappa shape index (κ2) is 7.21. The van der Waals surface area contributed by atoms with E-state index in [-0.39, 0.29) is 22.9 Å². The number of ether oxygens (including phenoxy) is 1. The molecule has 2 amide bonds. The van der Waals surface area contributed by atoms with Gasteiger partial charge in [-0.05, 0) is 57.3 Å². The van der Waals surface area contributed by atoms with Crippen molar-refractivity contribution in [2.24, 2.45) is 5.41 Å². The molecule has 0 saturated carbocycles. The largest absolute Gasteiger partial charge is 0.430 e. The molecular formula is C20H20N2O5S. The van der Waals surface area contributed by atoms with E-state index < -0.39 is 17.3 Å². The lowest BCUT2D eigenvalue weighted by Gasteiger charge is -2.17. The molecule has 2 heterocycles.